The van der Waals surface area contributed by atoms with Gasteiger partial charge in [-0.05, 0) is 75.7 Å². The number of aryl methyl sites for hydroxylation is 2. The Kier molecular flexibility index (Phi) is 7.17. The number of amides is 1. The highest BCUT2D eigenvalue weighted by Gasteiger charge is 2.28. The first-order chi connectivity index (χ1) is 15.1. The first-order valence-corrected chi connectivity index (χ1v) is 11.7. The summed E-state index contributed by atoms with van der Waals surface area (Å²) in [5.74, 6) is 1.55. The normalized spacial score (nSPS) is 20.6. The van der Waals surface area contributed by atoms with Crippen molar-refractivity contribution in [3.05, 3.63) is 53.3 Å². The summed E-state index contributed by atoms with van der Waals surface area (Å²) in [5, 5.41) is 3.25. The molecule has 0 unspecified atom stereocenters. The number of anilines is 1. The standard InChI is InChI=1S/C25H35N5O/c1-19-6-3-4-7-22(19)17-29-14-10-21(11-15-29)16-27-24(31)23-8-5-13-30(18-23)25-26-12-9-20(2)28-25/h3-4,6-7,9,12,21,23H,5,8,10-11,13-18H2,1-2H3,(H,27,31)/t23-/m1/s1. The number of nitrogens with one attached hydrogen (secondary N) is 1. The summed E-state index contributed by atoms with van der Waals surface area (Å²) in [6, 6.07) is 10.6. The van der Waals surface area contributed by atoms with Gasteiger partial charge in [0, 0.05) is 38.1 Å². The van der Waals surface area contributed by atoms with Crippen LogP contribution in [0.2, 0.25) is 0 Å². The molecule has 2 fully saturated rings. The van der Waals surface area contributed by atoms with Gasteiger partial charge in [0.25, 0.3) is 0 Å². The minimum atomic E-state index is 0.0269. The van der Waals surface area contributed by atoms with Crippen LogP contribution in [-0.2, 0) is 11.3 Å². The zero-order chi connectivity index (χ0) is 21.6. The van der Waals surface area contributed by atoms with Gasteiger partial charge in [-0.3, -0.25) is 9.69 Å². The largest absolute Gasteiger partial charge is 0.356 e. The molecular formula is C25H35N5O. The molecule has 6 nitrogen and oxygen atoms in total. The van der Waals surface area contributed by atoms with Crippen LogP contribution in [0.1, 0.15) is 42.5 Å². The second-order valence-corrected chi connectivity index (χ2v) is 9.17. The van der Waals surface area contributed by atoms with Crippen LogP contribution in [0.15, 0.2) is 36.5 Å². The molecule has 0 aliphatic carbocycles. The molecule has 31 heavy (non-hydrogen) atoms. The zero-order valence-corrected chi connectivity index (χ0v) is 18.9. The highest BCUT2D eigenvalue weighted by atomic mass is 16.1. The Hall–Kier alpha value is -2.47. The third kappa shape index (κ3) is 5.82. The molecule has 0 saturated carbocycles. The van der Waals surface area contributed by atoms with Crippen LogP contribution in [0.25, 0.3) is 0 Å². The fraction of sp³-hybridized carbons (Fsp3) is 0.560. The maximum Gasteiger partial charge on any atom is 0.225 e. The van der Waals surface area contributed by atoms with E-state index < -0.39 is 0 Å². The quantitative estimate of drug-likeness (QED) is 0.775. The van der Waals surface area contributed by atoms with Gasteiger partial charge in [0.2, 0.25) is 11.9 Å². The second-order valence-electron chi connectivity index (χ2n) is 9.17. The molecule has 0 bridgehead atoms. The van der Waals surface area contributed by atoms with Crippen molar-refractivity contribution in [2.75, 3.05) is 37.6 Å². The van der Waals surface area contributed by atoms with Crippen molar-refractivity contribution in [1.82, 2.24) is 20.2 Å². The fourth-order valence-corrected chi connectivity index (χ4v) is 4.73. The van der Waals surface area contributed by atoms with Crippen LogP contribution < -0.4 is 10.2 Å². The van der Waals surface area contributed by atoms with E-state index in [9.17, 15) is 4.79 Å². The molecule has 1 aromatic heterocycles. The smallest absolute Gasteiger partial charge is 0.225 e. The van der Waals surface area contributed by atoms with E-state index in [4.69, 9.17) is 0 Å². The number of hydrogen-bond donors (Lipinski definition) is 1. The summed E-state index contributed by atoms with van der Waals surface area (Å²) in [4.78, 5) is 26.5. The Labute approximate surface area is 186 Å². The number of carbonyl (C=O) groups is 1. The summed E-state index contributed by atoms with van der Waals surface area (Å²) in [7, 11) is 0. The topological polar surface area (TPSA) is 61.4 Å². The first kappa shape index (κ1) is 21.8. The van der Waals surface area contributed by atoms with E-state index in [1.165, 1.54) is 11.1 Å². The van der Waals surface area contributed by atoms with Crippen LogP contribution in [0.5, 0.6) is 0 Å². The molecule has 2 aromatic rings. The average Bonchev–Trinajstić information content (AvgIpc) is 2.80. The molecule has 3 heterocycles. The Morgan fingerprint density at radius 3 is 2.68 bits per heavy atom. The molecule has 4 rings (SSSR count). The van der Waals surface area contributed by atoms with E-state index in [2.05, 4.69) is 56.3 Å². The van der Waals surface area contributed by atoms with E-state index in [-0.39, 0.29) is 11.8 Å². The van der Waals surface area contributed by atoms with Crippen molar-refractivity contribution in [2.24, 2.45) is 11.8 Å². The summed E-state index contributed by atoms with van der Waals surface area (Å²) < 4.78 is 0. The highest BCUT2D eigenvalue weighted by molar-refractivity contribution is 5.79. The third-order valence-corrected chi connectivity index (χ3v) is 6.78. The Morgan fingerprint density at radius 1 is 1.10 bits per heavy atom. The predicted molar refractivity (Wildman–Crippen MR) is 124 cm³/mol. The van der Waals surface area contributed by atoms with Gasteiger partial charge in [-0.1, -0.05) is 24.3 Å². The van der Waals surface area contributed by atoms with Crippen molar-refractivity contribution in [2.45, 2.75) is 46.1 Å². The van der Waals surface area contributed by atoms with Crippen molar-refractivity contribution < 1.29 is 4.79 Å². The van der Waals surface area contributed by atoms with Gasteiger partial charge < -0.3 is 10.2 Å². The monoisotopic (exact) mass is 421 g/mol. The van der Waals surface area contributed by atoms with E-state index in [0.29, 0.717) is 12.5 Å². The summed E-state index contributed by atoms with van der Waals surface area (Å²) in [6.07, 6.45) is 6.06. The number of aromatic nitrogens is 2. The van der Waals surface area contributed by atoms with Crippen molar-refractivity contribution in [3.63, 3.8) is 0 Å². The average molecular weight is 422 g/mol. The molecule has 1 atom stereocenters. The summed E-state index contributed by atoms with van der Waals surface area (Å²) in [5.41, 5.74) is 3.76. The van der Waals surface area contributed by atoms with Gasteiger partial charge in [-0.2, -0.15) is 0 Å². The van der Waals surface area contributed by atoms with Crippen molar-refractivity contribution >= 4 is 11.9 Å². The van der Waals surface area contributed by atoms with E-state index in [1.807, 2.05) is 13.0 Å². The van der Waals surface area contributed by atoms with E-state index in [1.54, 1.807) is 6.20 Å². The van der Waals surface area contributed by atoms with Crippen molar-refractivity contribution in [1.29, 1.82) is 0 Å². The minimum absolute atomic E-state index is 0.0269. The first-order valence-electron chi connectivity index (χ1n) is 11.7. The SMILES string of the molecule is Cc1ccnc(N2CCC[C@@H](C(=O)NCC3CCN(Cc4ccccc4C)CC3)C2)n1. The number of hydrogen-bond acceptors (Lipinski definition) is 5. The number of benzene rings is 1. The molecule has 2 saturated heterocycles. The molecule has 1 amide bonds. The van der Waals surface area contributed by atoms with Gasteiger partial charge in [-0.15, -0.1) is 0 Å². The summed E-state index contributed by atoms with van der Waals surface area (Å²) in [6.45, 7) is 9.85. The van der Waals surface area contributed by atoms with Gasteiger partial charge in [0.1, 0.15) is 0 Å². The molecule has 166 valence electrons. The van der Waals surface area contributed by atoms with E-state index >= 15 is 0 Å². The number of piperidine rings is 2. The highest BCUT2D eigenvalue weighted by Crippen LogP contribution is 2.22. The lowest BCUT2D eigenvalue weighted by Gasteiger charge is -2.34. The maximum absolute atomic E-state index is 12.8. The molecule has 0 radical (unpaired) electrons. The predicted octanol–water partition coefficient (Wildman–Crippen LogP) is 3.34. The molecule has 2 aliphatic heterocycles. The van der Waals surface area contributed by atoms with Crippen LogP contribution in [0.4, 0.5) is 5.95 Å². The number of nitrogens with zero attached hydrogens (tertiary/aromatic N) is 4. The fourth-order valence-electron chi connectivity index (χ4n) is 4.73. The maximum atomic E-state index is 12.8. The van der Waals surface area contributed by atoms with Crippen LogP contribution >= 0.6 is 0 Å². The van der Waals surface area contributed by atoms with Gasteiger partial charge >= 0.3 is 0 Å². The van der Waals surface area contributed by atoms with Gasteiger partial charge in [0.05, 0.1) is 5.92 Å². The van der Waals surface area contributed by atoms with Gasteiger partial charge in [0.15, 0.2) is 0 Å². The molecular weight excluding hydrogens is 386 g/mol. The van der Waals surface area contributed by atoms with Crippen LogP contribution in [0, 0.1) is 25.7 Å². The number of rotatable bonds is 6. The Balaban J connectivity index is 1.21. The Bertz CT molecular complexity index is 878. The molecule has 2 aliphatic rings. The van der Waals surface area contributed by atoms with Crippen LogP contribution in [-0.4, -0.2) is 53.5 Å². The third-order valence-electron chi connectivity index (χ3n) is 6.78. The molecule has 1 N–H and O–H groups in total. The van der Waals surface area contributed by atoms with Gasteiger partial charge in [-0.25, -0.2) is 9.97 Å². The zero-order valence-electron chi connectivity index (χ0n) is 18.9. The number of likely N-dealkylation sites (tertiary alicyclic amines) is 1. The summed E-state index contributed by atoms with van der Waals surface area (Å²) >= 11 is 0. The van der Waals surface area contributed by atoms with Crippen molar-refractivity contribution in [3.8, 4) is 0 Å². The second kappa shape index (κ2) is 10.2. The lowest BCUT2D eigenvalue weighted by atomic mass is 9.94. The van der Waals surface area contributed by atoms with E-state index in [0.717, 1.165) is 70.0 Å². The number of carbonyl (C=O) groups excluding carboxylic acids is 1. The lowest BCUT2D eigenvalue weighted by molar-refractivity contribution is -0.125. The van der Waals surface area contributed by atoms with Crippen LogP contribution in [0.3, 0.4) is 0 Å². The minimum Gasteiger partial charge on any atom is -0.356 e. The lowest BCUT2D eigenvalue weighted by Crippen LogP contribution is -2.45. The molecule has 0 spiro atoms. The Morgan fingerprint density at radius 2 is 1.90 bits per heavy atom. The molecule has 6 heteroatoms. The molecule has 1 aromatic carbocycles.